The largest absolute Gasteiger partial charge is 0.335 e. The number of carbonyl (C=O) groups is 1. The minimum atomic E-state index is -0.492. The van der Waals surface area contributed by atoms with E-state index in [4.69, 9.17) is 5.73 Å². The molecule has 21 heavy (non-hydrogen) atoms. The average molecular weight is 355 g/mol. The molecule has 0 radical (unpaired) electrons. The van der Waals surface area contributed by atoms with Gasteiger partial charge in [0.15, 0.2) is 0 Å². The molecule has 3 nitrogen and oxygen atoms in total. The molecule has 0 aromatic heterocycles. The van der Waals surface area contributed by atoms with Gasteiger partial charge < -0.3 is 10.6 Å². The number of hydrogen-bond donors (Lipinski definition) is 1. The van der Waals surface area contributed by atoms with E-state index in [1.807, 2.05) is 49.9 Å². The van der Waals surface area contributed by atoms with Gasteiger partial charge in [-0.25, -0.2) is 0 Å². The number of hydrogen-bond acceptors (Lipinski definition) is 2. The van der Waals surface area contributed by atoms with E-state index in [1.165, 1.54) is 0 Å². The smallest absolute Gasteiger partial charge is 0.240 e. The van der Waals surface area contributed by atoms with Gasteiger partial charge in [0.25, 0.3) is 0 Å². The number of carbonyl (C=O) groups excluding carboxylic acids is 1. The van der Waals surface area contributed by atoms with Gasteiger partial charge in [0, 0.05) is 11.0 Å². The van der Waals surface area contributed by atoms with Crippen molar-refractivity contribution in [2.24, 2.45) is 11.1 Å². The normalized spacial score (nSPS) is 14.6. The molecule has 1 aromatic carbocycles. The van der Waals surface area contributed by atoms with E-state index in [-0.39, 0.29) is 17.4 Å². The zero-order valence-electron chi connectivity index (χ0n) is 13.7. The maximum absolute atomic E-state index is 12.8. The molecule has 0 aliphatic rings. The van der Waals surface area contributed by atoms with E-state index in [2.05, 4.69) is 29.8 Å². The SMILES string of the molecule is CCCN(C(=O)[C@@H](N)C(C)(C)C)C(C)c1ccccc1Br. The van der Waals surface area contributed by atoms with Crippen LogP contribution < -0.4 is 5.73 Å². The van der Waals surface area contributed by atoms with Crippen LogP contribution in [-0.2, 0) is 4.79 Å². The summed E-state index contributed by atoms with van der Waals surface area (Å²) in [6.45, 7) is 10.9. The highest BCUT2D eigenvalue weighted by Crippen LogP contribution is 2.29. The van der Waals surface area contributed by atoms with Crippen LogP contribution in [0.5, 0.6) is 0 Å². The van der Waals surface area contributed by atoms with E-state index in [0.29, 0.717) is 6.54 Å². The Morgan fingerprint density at radius 3 is 2.38 bits per heavy atom. The first-order chi connectivity index (χ1) is 9.70. The Balaban J connectivity index is 3.07. The molecule has 2 atom stereocenters. The Morgan fingerprint density at radius 2 is 1.90 bits per heavy atom. The molecular weight excluding hydrogens is 328 g/mol. The summed E-state index contributed by atoms with van der Waals surface area (Å²) in [6.07, 6.45) is 0.914. The zero-order chi connectivity index (χ0) is 16.2. The first kappa shape index (κ1) is 18.2. The first-order valence-corrected chi connectivity index (χ1v) is 8.30. The summed E-state index contributed by atoms with van der Waals surface area (Å²) < 4.78 is 1.02. The molecule has 0 fully saturated rings. The van der Waals surface area contributed by atoms with E-state index >= 15 is 0 Å². The highest BCUT2D eigenvalue weighted by molar-refractivity contribution is 9.10. The quantitative estimate of drug-likeness (QED) is 0.864. The number of rotatable bonds is 5. The highest BCUT2D eigenvalue weighted by Gasteiger charge is 2.33. The Hall–Kier alpha value is -0.870. The lowest BCUT2D eigenvalue weighted by Crippen LogP contribution is -2.51. The molecule has 1 aromatic rings. The predicted molar refractivity (Wildman–Crippen MR) is 92.0 cm³/mol. The minimum Gasteiger partial charge on any atom is -0.335 e. The van der Waals surface area contributed by atoms with Crippen LogP contribution in [0, 0.1) is 5.41 Å². The number of amides is 1. The molecule has 2 N–H and O–H groups in total. The Kier molecular flexibility index (Phi) is 6.41. The van der Waals surface area contributed by atoms with Crippen LogP contribution in [0.15, 0.2) is 28.7 Å². The van der Waals surface area contributed by atoms with Crippen molar-refractivity contribution in [1.29, 1.82) is 0 Å². The fraction of sp³-hybridized carbons (Fsp3) is 0.588. The van der Waals surface area contributed by atoms with Gasteiger partial charge in [0.1, 0.15) is 0 Å². The fourth-order valence-electron chi connectivity index (χ4n) is 2.27. The van der Waals surface area contributed by atoms with E-state index in [0.717, 1.165) is 16.5 Å². The van der Waals surface area contributed by atoms with Gasteiger partial charge >= 0.3 is 0 Å². The second-order valence-electron chi connectivity index (χ2n) is 6.57. The number of halogens is 1. The van der Waals surface area contributed by atoms with Crippen molar-refractivity contribution in [1.82, 2.24) is 4.90 Å². The molecule has 1 rings (SSSR count). The topological polar surface area (TPSA) is 46.3 Å². The zero-order valence-corrected chi connectivity index (χ0v) is 15.3. The third kappa shape index (κ3) is 4.55. The molecule has 0 aliphatic carbocycles. The lowest BCUT2D eigenvalue weighted by molar-refractivity contribution is -0.137. The van der Waals surface area contributed by atoms with Crippen molar-refractivity contribution >= 4 is 21.8 Å². The molecule has 4 heteroatoms. The number of nitrogens with zero attached hydrogens (tertiary/aromatic N) is 1. The van der Waals surface area contributed by atoms with Crippen molar-refractivity contribution in [2.45, 2.75) is 53.1 Å². The second-order valence-corrected chi connectivity index (χ2v) is 7.43. The third-order valence-corrected chi connectivity index (χ3v) is 4.49. The van der Waals surface area contributed by atoms with E-state index in [9.17, 15) is 4.79 Å². The standard InChI is InChI=1S/C17H27BrN2O/c1-6-11-20(16(21)15(19)17(3,4)5)12(2)13-9-7-8-10-14(13)18/h7-10,12,15H,6,11,19H2,1-5H3/t12?,15-/m1/s1. The third-order valence-electron chi connectivity index (χ3n) is 3.77. The van der Waals surface area contributed by atoms with Crippen LogP contribution in [0.25, 0.3) is 0 Å². The van der Waals surface area contributed by atoms with E-state index in [1.54, 1.807) is 0 Å². The molecule has 0 bridgehead atoms. The Labute approximate surface area is 137 Å². The summed E-state index contributed by atoms with van der Waals surface area (Å²) in [7, 11) is 0. The van der Waals surface area contributed by atoms with Gasteiger partial charge in [-0.1, -0.05) is 61.8 Å². The molecule has 1 unspecified atom stereocenters. The van der Waals surface area contributed by atoms with Crippen molar-refractivity contribution in [3.63, 3.8) is 0 Å². The monoisotopic (exact) mass is 354 g/mol. The van der Waals surface area contributed by atoms with Gasteiger partial charge in [0.05, 0.1) is 12.1 Å². The summed E-state index contributed by atoms with van der Waals surface area (Å²) in [6, 6.07) is 7.54. The van der Waals surface area contributed by atoms with Gasteiger partial charge in [-0.05, 0) is 30.4 Å². The van der Waals surface area contributed by atoms with Crippen molar-refractivity contribution in [2.75, 3.05) is 6.54 Å². The minimum absolute atomic E-state index is 0.00132. The highest BCUT2D eigenvalue weighted by atomic mass is 79.9. The van der Waals surface area contributed by atoms with Crippen molar-refractivity contribution in [3.8, 4) is 0 Å². The number of nitrogens with two attached hydrogens (primary N) is 1. The van der Waals surface area contributed by atoms with Gasteiger partial charge in [-0.3, -0.25) is 4.79 Å². The summed E-state index contributed by atoms with van der Waals surface area (Å²) >= 11 is 3.57. The summed E-state index contributed by atoms with van der Waals surface area (Å²) in [5.41, 5.74) is 7.05. The summed E-state index contributed by atoms with van der Waals surface area (Å²) in [4.78, 5) is 14.7. The number of benzene rings is 1. The lowest BCUT2D eigenvalue weighted by Gasteiger charge is -2.36. The van der Waals surface area contributed by atoms with Crippen LogP contribution in [-0.4, -0.2) is 23.4 Å². The fourth-order valence-corrected chi connectivity index (χ4v) is 2.88. The van der Waals surface area contributed by atoms with Crippen LogP contribution in [0.3, 0.4) is 0 Å². The maximum atomic E-state index is 12.8. The van der Waals surface area contributed by atoms with Crippen LogP contribution in [0.4, 0.5) is 0 Å². The molecule has 0 heterocycles. The molecule has 0 saturated heterocycles. The van der Waals surface area contributed by atoms with Gasteiger partial charge in [-0.15, -0.1) is 0 Å². The Morgan fingerprint density at radius 1 is 1.33 bits per heavy atom. The molecule has 0 aliphatic heterocycles. The molecule has 118 valence electrons. The second kappa shape index (κ2) is 7.41. The van der Waals surface area contributed by atoms with Crippen LogP contribution >= 0.6 is 15.9 Å². The molecule has 1 amide bonds. The van der Waals surface area contributed by atoms with E-state index < -0.39 is 6.04 Å². The molecular formula is C17H27BrN2O. The average Bonchev–Trinajstić information content (AvgIpc) is 2.42. The Bertz CT molecular complexity index is 482. The van der Waals surface area contributed by atoms with Gasteiger partial charge in [-0.2, -0.15) is 0 Å². The van der Waals surface area contributed by atoms with Crippen molar-refractivity contribution in [3.05, 3.63) is 34.3 Å². The first-order valence-electron chi connectivity index (χ1n) is 7.50. The van der Waals surface area contributed by atoms with Crippen LogP contribution in [0.1, 0.15) is 52.6 Å². The van der Waals surface area contributed by atoms with Gasteiger partial charge in [0.2, 0.25) is 5.91 Å². The maximum Gasteiger partial charge on any atom is 0.240 e. The lowest BCUT2D eigenvalue weighted by atomic mass is 9.86. The summed E-state index contributed by atoms with van der Waals surface area (Å²) in [5.74, 6) is 0.0209. The van der Waals surface area contributed by atoms with Crippen LogP contribution in [0.2, 0.25) is 0 Å². The predicted octanol–water partition coefficient (Wildman–Crippen LogP) is 4.12. The molecule has 0 saturated carbocycles. The molecule has 0 spiro atoms. The van der Waals surface area contributed by atoms with Crippen molar-refractivity contribution < 1.29 is 4.79 Å². The summed E-state index contributed by atoms with van der Waals surface area (Å²) in [5, 5.41) is 0.